The topological polar surface area (TPSA) is 88.6 Å². The molecule has 2 heterocycles. The number of carbonyl (C=O) groups is 1. The van der Waals surface area contributed by atoms with Crippen LogP contribution in [0.5, 0.6) is 0 Å². The van der Waals surface area contributed by atoms with Gasteiger partial charge in [-0.15, -0.1) is 0 Å². The number of likely N-dealkylation sites (N-methyl/N-ethyl adjacent to an activating group) is 1. The Morgan fingerprint density at radius 3 is 2.68 bits per heavy atom. The molecule has 0 spiro atoms. The predicted molar refractivity (Wildman–Crippen MR) is 153 cm³/mol. The van der Waals surface area contributed by atoms with E-state index >= 15 is 0 Å². The van der Waals surface area contributed by atoms with Crippen molar-refractivity contribution in [2.24, 2.45) is 12.8 Å². The summed E-state index contributed by atoms with van der Waals surface area (Å²) in [5.74, 6) is 0. The fourth-order valence-electron chi connectivity index (χ4n) is 4.73. The average molecular weight is 539 g/mol. The van der Waals surface area contributed by atoms with Crippen LogP contribution in [-0.2, 0) is 18.2 Å². The summed E-state index contributed by atoms with van der Waals surface area (Å²) >= 11 is 6.28. The summed E-state index contributed by atoms with van der Waals surface area (Å²) in [6, 6.07) is 5.81. The summed E-state index contributed by atoms with van der Waals surface area (Å²) in [5.41, 5.74) is 11.7. The van der Waals surface area contributed by atoms with Crippen molar-refractivity contribution < 1.29 is 9.53 Å². The standard InChI is InChI=1S/C20H23ClN4.C9H16N2O2/c1-5-24(3)18-9-14-6-7-15(21)10-16(14)17(8-13(18)2)20(22)19-11-23-12-25(19)4;1-9(2-3-9)13-8(12)11-6-4-10-5-7-11/h5-8,10-12,18,20H,1-2,9,22H2,3-4H3;10H,2-7H2,1H3/t18?,20-;/m1./s1. The first-order valence-electron chi connectivity index (χ1n) is 13.1. The third kappa shape index (κ3) is 6.49. The number of benzene rings is 1. The maximum absolute atomic E-state index is 11.5. The van der Waals surface area contributed by atoms with E-state index in [0.29, 0.717) is 5.02 Å². The van der Waals surface area contributed by atoms with Crippen LogP contribution in [-0.4, -0.2) is 70.3 Å². The first kappa shape index (κ1) is 28.0. The molecule has 1 amide bonds. The van der Waals surface area contributed by atoms with Crippen molar-refractivity contribution in [3.63, 3.8) is 0 Å². The van der Waals surface area contributed by atoms with Crippen LogP contribution in [0.2, 0.25) is 5.02 Å². The summed E-state index contributed by atoms with van der Waals surface area (Å²) in [6.45, 7) is 13.5. The predicted octanol–water partition coefficient (Wildman–Crippen LogP) is 4.29. The summed E-state index contributed by atoms with van der Waals surface area (Å²) in [7, 11) is 3.96. The Labute approximate surface area is 230 Å². The highest BCUT2D eigenvalue weighted by atomic mass is 35.5. The van der Waals surface area contributed by atoms with Crippen LogP contribution in [0.4, 0.5) is 4.79 Å². The van der Waals surface area contributed by atoms with Crippen molar-refractivity contribution >= 4 is 23.3 Å². The number of amides is 1. The number of nitrogens with zero attached hydrogens (tertiary/aromatic N) is 4. The van der Waals surface area contributed by atoms with Gasteiger partial charge in [-0.2, -0.15) is 0 Å². The second-order valence-electron chi connectivity index (χ2n) is 10.5. The second-order valence-corrected chi connectivity index (χ2v) is 10.9. The third-order valence-corrected chi connectivity index (χ3v) is 7.75. The van der Waals surface area contributed by atoms with Crippen molar-refractivity contribution in [2.45, 2.75) is 43.9 Å². The first-order chi connectivity index (χ1) is 18.1. The molecule has 1 aromatic carbocycles. The van der Waals surface area contributed by atoms with Gasteiger partial charge in [-0.1, -0.05) is 36.9 Å². The number of hydrogen-bond donors (Lipinski definition) is 2. The Balaban J connectivity index is 0.000000216. The lowest BCUT2D eigenvalue weighted by atomic mass is 9.93. The highest BCUT2D eigenvalue weighted by Gasteiger charge is 2.42. The van der Waals surface area contributed by atoms with E-state index in [1.807, 2.05) is 43.9 Å². The number of halogens is 1. The lowest BCUT2D eigenvalue weighted by Crippen LogP contribution is -2.47. The van der Waals surface area contributed by atoms with Gasteiger partial charge in [0.05, 0.1) is 30.3 Å². The molecule has 1 saturated carbocycles. The monoisotopic (exact) mass is 538 g/mol. The zero-order valence-corrected chi connectivity index (χ0v) is 23.4. The molecule has 3 aliphatic rings. The number of ether oxygens (including phenoxy) is 1. The lowest BCUT2D eigenvalue weighted by molar-refractivity contribution is 0.0555. The number of aromatic nitrogens is 2. The number of piperazine rings is 1. The fraction of sp³-hybridized carbons (Fsp3) is 0.448. The van der Waals surface area contributed by atoms with Crippen LogP contribution in [0, 0.1) is 0 Å². The molecule has 9 heteroatoms. The maximum Gasteiger partial charge on any atom is 0.410 e. The van der Waals surface area contributed by atoms with Crippen LogP contribution < -0.4 is 11.1 Å². The van der Waals surface area contributed by atoms with Gasteiger partial charge in [0.1, 0.15) is 5.60 Å². The Hall–Kier alpha value is -3.07. The van der Waals surface area contributed by atoms with Crippen molar-refractivity contribution in [3.8, 4) is 0 Å². The van der Waals surface area contributed by atoms with E-state index in [2.05, 4.69) is 40.5 Å². The number of fused-ring (bicyclic) bond motifs is 1. The van der Waals surface area contributed by atoms with Crippen LogP contribution in [0.15, 0.2) is 61.7 Å². The maximum atomic E-state index is 11.5. The molecule has 8 nitrogen and oxygen atoms in total. The van der Waals surface area contributed by atoms with E-state index in [1.54, 1.807) is 17.4 Å². The lowest BCUT2D eigenvalue weighted by Gasteiger charge is -2.27. The number of nitrogens with two attached hydrogens (primary N) is 1. The number of imidazole rings is 1. The number of aryl methyl sites for hydroxylation is 1. The van der Waals surface area contributed by atoms with E-state index in [9.17, 15) is 4.79 Å². The molecule has 1 aliphatic heterocycles. The quantitative estimate of drug-likeness (QED) is 0.590. The Morgan fingerprint density at radius 1 is 1.37 bits per heavy atom. The highest BCUT2D eigenvalue weighted by Crippen LogP contribution is 2.39. The van der Waals surface area contributed by atoms with Crippen LogP contribution >= 0.6 is 11.6 Å². The average Bonchev–Trinajstić information content (AvgIpc) is 3.52. The van der Waals surface area contributed by atoms with E-state index < -0.39 is 0 Å². The second kappa shape index (κ2) is 11.8. The molecular weight excluding hydrogens is 500 g/mol. The third-order valence-electron chi connectivity index (χ3n) is 7.52. The first-order valence-corrected chi connectivity index (χ1v) is 13.4. The minimum absolute atomic E-state index is 0.133. The minimum atomic E-state index is -0.311. The molecule has 0 bridgehead atoms. The van der Waals surface area contributed by atoms with E-state index in [0.717, 1.165) is 67.8 Å². The molecule has 204 valence electrons. The molecule has 38 heavy (non-hydrogen) atoms. The van der Waals surface area contributed by atoms with Gasteiger partial charge < -0.3 is 30.2 Å². The van der Waals surface area contributed by atoms with E-state index in [-0.39, 0.29) is 23.8 Å². The molecule has 3 N–H and O–H groups in total. The van der Waals surface area contributed by atoms with Gasteiger partial charge >= 0.3 is 6.09 Å². The summed E-state index contributed by atoms with van der Waals surface area (Å²) < 4.78 is 7.29. The normalized spacial score (nSPS) is 20.7. The molecule has 2 aromatic rings. The Kier molecular flexibility index (Phi) is 8.65. The summed E-state index contributed by atoms with van der Waals surface area (Å²) in [6.07, 6.45) is 10.2. The number of carbonyl (C=O) groups excluding carboxylic acids is 1. The van der Waals surface area contributed by atoms with Crippen molar-refractivity contribution in [3.05, 3.63) is 83.6 Å². The van der Waals surface area contributed by atoms with Gasteiger partial charge in [-0.3, -0.25) is 0 Å². The molecule has 1 saturated heterocycles. The SMILES string of the molecule is C=CN(C)C1Cc2ccc(Cl)cc2C([C@@H](N)c2cncn2C)=CC1=C.CC1(OC(=O)N2CCNCC2)CC1. The molecule has 2 fully saturated rings. The van der Waals surface area contributed by atoms with Crippen molar-refractivity contribution in [1.29, 1.82) is 0 Å². The Morgan fingerprint density at radius 2 is 2.08 bits per heavy atom. The largest absolute Gasteiger partial charge is 0.443 e. The molecule has 2 atom stereocenters. The van der Waals surface area contributed by atoms with Gasteiger partial charge in [-0.25, -0.2) is 9.78 Å². The van der Waals surface area contributed by atoms with Gasteiger partial charge in [0.25, 0.3) is 0 Å². The molecule has 0 radical (unpaired) electrons. The molecule has 2 aliphatic carbocycles. The van der Waals surface area contributed by atoms with Crippen LogP contribution in [0.1, 0.15) is 42.6 Å². The number of hydrogen-bond acceptors (Lipinski definition) is 6. The molecular formula is C29H39ClN6O2. The van der Waals surface area contributed by atoms with Crippen LogP contribution in [0.25, 0.3) is 5.57 Å². The number of nitrogens with one attached hydrogen (secondary N) is 1. The Bertz CT molecular complexity index is 1210. The zero-order chi connectivity index (χ0) is 27.4. The molecule has 1 unspecified atom stereocenters. The smallest absolute Gasteiger partial charge is 0.410 e. The molecule has 1 aromatic heterocycles. The van der Waals surface area contributed by atoms with Crippen molar-refractivity contribution in [2.75, 3.05) is 33.2 Å². The zero-order valence-electron chi connectivity index (χ0n) is 22.6. The van der Waals surface area contributed by atoms with Gasteiger partial charge in [0.2, 0.25) is 0 Å². The summed E-state index contributed by atoms with van der Waals surface area (Å²) in [4.78, 5) is 19.6. The van der Waals surface area contributed by atoms with E-state index in [1.165, 1.54) is 5.56 Å². The number of rotatable bonds is 5. The minimum Gasteiger partial charge on any atom is -0.443 e. The fourth-order valence-corrected chi connectivity index (χ4v) is 4.90. The van der Waals surface area contributed by atoms with Gasteiger partial charge in [0, 0.05) is 45.3 Å². The van der Waals surface area contributed by atoms with Crippen molar-refractivity contribution in [1.82, 2.24) is 24.7 Å². The van der Waals surface area contributed by atoms with E-state index in [4.69, 9.17) is 22.1 Å². The van der Waals surface area contributed by atoms with Gasteiger partial charge in [0.15, 0.2) is 0 Å². The summed E-state index contributed by atoms with van der Waals surface area (Å²) in [5, 5.41) is 3.90. The van der Waals surface area contributed by atoms with Crippen LogP contribution in [0.3, 0.4) is 0 Å². The molecule has 5 rings (SSSR count). The highest BCUT2D eigenvalue weighted by molar-refractivity contribution is 6.30. The van der Waals surface area contributed by atoms with Gasteiger partial charge in [-0.05, 0) is 66.8 Å².